The third-order valence-corrected chi connectivity index (χ3v) is 6.39. The van der Waals surface area contributed by atoms with Gasteiger partial charge in [0.25, 0.3) is 5.91 Å². The maximum absolute atomic E-state index is 13.6. The second-order valence-electron chi connectivity index (χ2n) is 7.84. The summed E-state index contributed by atoms with van der Waals surface area (Å²) in [6, 6.07) is 4.73. The van der Waals surface area contributed by atoms with Crippen LogP contribution in [0.1, 0.15) is 27.5 Å². The zero-order valence-corrected chi connectivity index (χ0v) is 19.1. The highest BCUT2D eigenvalue weighted by Crippen LogP contribution is 2.32. The van der Waals surface area contributed by atoms with Gasteiger partial charge in [0.15, 0.2) is 5.69 Å². The highest BCUT2D eigenvalue weighted by Gasteiger charge is 2.35. The number of hydrogen-bond acceptors (Lipinski definition) is 8. The molecular weight excluding hydrogens is 487 g/mol. The summed E-state index contributed by atoms with van der Waals surface area (Å²) in [6.45, 7) is 0.0158. The summed E-state index contributed by atoms with van der Waals surface area (Å²) in [6.07, 6.45) is -3.35. The fourth-order valence-corrected chi connectivity index (χ4v) is 4.69. The Morgan fingerprint density at radius 1 is 1.29 bits per heavy atom. The van der Waals surface area contributed by atoms with E-state index in [2.05, 4.69) is 15.1 Å². The normalized spacial score (nSPS) is 14.5. The van der Waals surface area contributed by atoms with Crippen molar-refractivity contribution in [3.05, 3.63) is 46.0 Å². The monoisotopic (exact) mass is 505 g/mol. The summed E-state index contributed by atoms with van der Waals surface area (Å²) < 4.78 is 45.8. The Bertz CT molecular complexity index is 1470. The zero-order chi connectivity index (χ0) is 24.9. The number of thiazole rings is 1. The summed E-state index contributed by atoms with van der Waals surface area (Å²) in [5.41, 5.74) is 6.37. The van der Waals surface area contributed by atoms with Gasteiger partial charge in [0.1, 0.15) is 10.8 Å². The molecule has 0 bridgehead atoms. The lowest BCUT2D eigenvalue weighted by atomic mass is 10.1. The van der Waals surface area contributed by atoms with Crippen LogP contribution in [0.3, 0.4) is 0 Å². The topological polar surface area (TPSA) is 119 Å². The smallest absolute Gasteiger partial charge is 0.434 e. The number of nitrogens with zero attached hydrogens (tertiary/aromatic N) is 6. The minimum Gasteiger partial charge on any atom is -0.448 e. The van der Waals surface area contributed by atoms with Crippen molar-refractivity contribution in [2.45, 2.75) is 19.1 Å². The van der Waals surface area contributed by atoms with Crippen molar-refractivity contribution in [3.63, 3.8) is 0 Å². The van der Waals surface area contributed by atoms with Crippen LogP contribution in [-0.4, -0.2) is 54.9 Å². The van der Waals surface area contributed by atoms with E-state index in [0.29, 0.717) is 34.0 Å². The Kier molecular flexibility index (Phi) is 5.46. The van der Waals surface area contributed by atoms with E-state index in [-0.39, 0.29) is 30.3 Å². The van der Waals surface area contributed by atoms with Gasteiger partial charge in [-0.3, -0.25) is 9.48 Å². The Morgan fingerprint density at radius 3 is 2.80 bits per heavy atom. The number of rotatable bonds is 4. The van der Waals surface area contributed by atoms with Gasteiger partial charge < -0.3 is 10.5 Å². The number of pyridine rings is 1. The molecule has 3 aromatic heterocycles. The number of nitrogens with two attached hydrogens (primary N) is 1. The fourth-order valence-electron chi connectivity index (χ4n) is 3.91. The quantitative estimate of drug-likeness (QED) is 0.450. The Labute approximate surface area is 199 Å². The van der Waals surface area contributed by atoms with Gasteiger partial charge in [-0.2, -0.15) is 18.3 Å². The van der Waals surface area contributed by atoms with Gasteiger partial charge in [-0.1, -0.05) is 0 Å². The number of hydrazine groups is 1. The Morgan fingerprint density at radius 2 is 2.09 bits per heavy atom. The van der Waals surface area contributed by atoms with Crippen molar-refractivity contribution in [1.82, 2.24) is 29.8 Å². The number of aromatic nitrogens is 4. The van der Waals surface area contributed by atoms with Crippen molar-refractivity contribution in [3.8, 4) is 0 Å². The number of carbonyl (C=O) groups is 2. The highest BCUT2D eigenvalue weighted by molar-refractivity contribution is 7.09. The van der Waals surface area contributed by atoms with Gasteiger partial charge >= 0.3 is 12.3 Å². The number of hydrogen-bond donors (Lipinski definition) is 1. The first-order valence-corrected chi connectivity index (χ1v) is 11.3. The van der Waals surface area contributed by atoms with Crippen LogP contribution in [-0.2, 0) is 24.5 Å². The molecule has 1 aliphatic heterocycles. The van der Waals surface area contributed by atoms with Crippen LogP contribution in [0.15, 0.2) is 29.8 Å². The maximum Gasteiger partial charge on any atom is 0.434 e. The largest absolute Gasteiger partial charge is 0.448 e. The number of anilines is 1. The Balaban J connectivity index is 1.56. The fraction of sp³-hybridized carbons (Fsp3) is 0.286. The van der Waals surface area contributed by atoms with Gasteiger partial charge in [-0.05, 0) is 18.2 Å². The number of alkyl halides is 3. The zero-order valence-electron chi connectivity index (χ0n) is 18.2. The van der Waals surface area contributed by atoms with Gasteiger partial charge in [0, 0.05) is 36.3 Å². The van der Waals surface area contributed by atoms with E-state index in [1.807, 2.05) is 0 Å². The number of fused-ring (bicyclic) bond motifs is 3. The van der Waals surface area contributed by atoms with Crippen LogP contribution in [0.25, 0.3) is 21.8 Å². The predicted octanol–water partition coefficient (Wildman–Crippen LogP) is 3.58. The van der Waals surface area contributed by atoms with E-state index < -0.39 is 23.9 Å². The van der Waals surface area contributed by atoms with Gasteiger partial charge in [-0.15, -0.1) is 11.3 Å². The number of carbonyl (C=O) groups excluding carboxylic acids is 2. The number of benzene rings is 1. The molecule has 35 heavy (non-hydrogen) atoms. The predicted molar refractivity (Wildman–Crippen MR) is 120 cm³/mol. The molecule has 0 unspecified atom stereocenters. The van der Waals surface area contributed by atoms with E-state index in [1.165, 1.54) is 6.07 Å². The summed E-state index contributed by atoms with van der Waals surface area (Å²) in [4.78, 5) is 34.0. The highest BCUT2D eigenvalue weighted by atomic mass is 32.1. The molecule has 2 amide bonds. The summed E-state index contributed by atoms with van der Waals surface area (Å²) in [5, 5.41) is 8.48. The number of ether oxygens (including phenoxy) is 1. The maximum atomic E-state index is 13.6. The van der Waals surface area contributed by atoms with Crippen LogP contribution in [0.2, 0.25) is 0 Å². The first-order chi connectivity index (χ1) is 16.6. The first-order valence-electron chi connectivity index (χ1n) is 10.4. The van der Waals surface area contributed by atoms with E-state index >= 15 is 0 Å². The average Bonchev–Trinajstić information content (AvgIpc) is 3.45. The number of halogens is 3. The molecular formula is C21H18F3N7O3S. The van der Waals surface area contributed by atoms with Crippen molar-refractivity contribution >= 4 is 51.0 Å². The second-order valence-corrected chi connectivity index (χ2v) is 8.78. The summed E-state index contributed by atoms with van der Waals surface area (Å²) >= 11 is 0.752. The first kappa shape index (κ1) is 22.8. The number of cyclic esters (lactones) is 1. The molecule has 4 heterocycles. The van der Waals surface area contributed by atoms with Crippen LogP contribution in [0.4, 0.5) is 23.8 Å². The molecule has 10 nitrogen and oxygen atoms in total. The van der Waals surface area contributed by atoms with E-state index in [0.717, 1.165) is 26.7 Å². The van der Waals surface area contributed by atoms with E-state index in [1.54, 1.807) is 30.1 Å². The van der Waals surface area contributed by atoms with Crippen LogP contribution in [0, 0.1) is 0 Å². The van der Waals surface area contributed by atoms with Crippen LogP contribution in [0.5, 0.6) is 0 Å². The molecule has 1 saturated heterocycles. The molecule has 0 spiro atoms. The molecule has 0 saturated carbocycles. The number of nitrogen functional groups attached to an aromatic ring is 1. The molecule has 182 valence electrons. The molecule has 2 N–H and O–H groups in total. The third-order valence-electron chi connectivity index (χ3n) is 5.56. The second kappa shape index (κ2) is 8.37. The van der Waals surface area contributed by atoms with Crippen LogP contribution < -0.4 is 5.73 Å². The molecule has 0 atom stereocenters. The van der Waals surface area contributed by atoms with Gasteiger partial charge in [0.05, 0.1) is 35.8 Å². The third kappa shape index (κ3) is 4.09. The van der Waals surface area contributed by atoms with Crippen molar-refractivity contribution in [2.75, 3.05) is 18.9 Å². The summed E-state index contributed by atoms with van der Waals surface area (Å²) in [7, 11) is 1.73. The van der Waals surface area contributed by atoms with Gasteiger partial charge in [-0.25, -0.2) is 24.8 Å². The van der Waals surface area contributed by atoms with Crippen molar-refractivity contribution in [2.24, 2.45) is 7.05 Å². The number of aryl methyl sites for hydroxylation is 1. The molecule has 1 aromatic carbocycles. The lowest BCUT2D eigenvalue weighted by Crippen LogP contribution is -2.52. The minimum absolute atomic E-state index is 0.0216. The molecule has 5 rings (SSSR count). The number of amides is 2. The molecule has 1 aliphatic rings. The van der Waals surface area contributed by atoms with Crippen molar-refractivity contribution < 1.29 is 27.5 Å². The summed E-state index contributed by atoms with van der Waals surface area (Å²) in [5.74, 6) is -0.316. The molecule has 4 aromatic rings. The average molecular weight is 505 g/mol. The minimum atomic E-state index is -4.62. The SMILES string of the molecule is Cn1ncc2c(N)nc3ccc(C(=O)N(Cc4nc(C(F)(F)F)cs4)N4CCCOC4=O)cc3c21. The Hall–Kier alpha value is -3.94. The lowest BCUT2D eigenvalue weighted by molar-refractivity contribution is -0.140. The standard InChI is InChI=1S/C21H18F3N7O3S/c1-29-17-12-7-11(3-4-14(12)27-18(25)13(17)8-26-29)19(32)31(30-5-2-6-34-20(30)33)9-16-28-15(10-35-16)21(22,23)24/h3-4,7-8,10H,2,5-6,9H2,1H3,(H2,25,27). The molecule has 0 radical (unpaired) electrons. The lowest BCUT2D eigenvalue weighted by Gasteiger charge is -2.36. The van der Waals surface area contributed by atoms with E-state index in [4.69, 9.17) is 10.5 Å². The molecule has 1 fully saturated rings. The van der Waals surface area contributed by atoms with Crippen molar-refractivity contribution in [1.29, 1.82) is 0 Å². The van der Waals surface area contributed by atoms with Gasteiger partial charge in [0.2, 0.25) is 0 Å². The van der Waals surface area contributed by atoms with E-state index in [9.17, 15) is 22.8 Å². The molecule has 0 aliphatic carbocycles. The molecule has 14 heteroatoms. The van der Waals surface area contributed by atoms with Crippen LogP contribution >= 0.6 is 11.3 Å².